The fourth-order valence-electron chi connectivity index (χ4n) is 2.61. The zero-order chi connectivity index (χ0) is 19.4. The number of nitrogens with one attached hydrogen (secondary N) is 2. The predicted molar refractivity (Wildman–Crippen MR) is 102 cm³/mol. The van der Waals surface area contributed by atoms with Gasteiger partial charge in [0.1, 0.15) is 11.5 Å². The van der Waals surface area contributed by atoms with Gasteiger partial charge in [0.15, 0.2) is 5.82 Å². The number of amides is 2. The number of rotatable bonds is 5. The molecule has 0 aliphatic rings. The van der Waals surface area contributed by atoms with E-state index in [1.54, 1.807) is 19.1 Å². The fraction of sp³-hybridized carbons (Fsp3) is 0.200. The lowest BCUT2D eigenvalue weighted by Gasteiger charge is -2.13. The lowest BCUT2D eigenvalue weighted by Crippen LogP contribution is -2.17. The van der Waals surface area contributed by atoms with Gasteiger partial charge in [0.05, 0.1) is 0 Å². The maximum absolute atomic E-state index is 12.6. The van der Waals surface area contributed by atoms with Crippen LogP contribution in [0.5, 0.6) is 0 Å². The summed E-state index contributed by atoms with van der Waals surface area (Å²) in [7, 11) is 0. The van der Waals surface area contributed by atoms with Gasteiger partial charge in [0.2, 0.25) is 0 Å². The molecule has 3 rings (SSSR count). The molecule has 2 aromatic heterocycles. The van der Waals surface area contributed by atoms with Gasteiger partial charge in [-0.1, -0.05) is 37.2 Å². The second-order valence-electron chi connectivity index (χ2n) is 6.40. The molecule has 0 atom stereocenters. The maximum atomic E-state index is 12.6. The van der Waals surface area contributed by atoms with E-state index in [1.165, 1.54) is 12.3 Å². The minimum Gasteiger partial charge on any atom is -0.360 e. The quantitative estimate of drug-likeness (QED) is 0.713. The van der Waals surface area contributed by atoms with Crippen LogP contribution < -0.4 is 10.6 Å². The van der Waals surface area contributed by atoms with Gasteiger partial charge in [0.25, 0.3) is 11.8 Å². The van der Waals surface area contributed by atoms with Gasteiger partial charge in [-0.2, -0.15) is 0 Å². The van der Waals surface area contributed by atoms with Crippen molar-refractivity contribution >= 4 is 23.3 Å². The van der Waals surface area contributed by atoms with Crippen molar-refractivity contribution in [2.45, 2.75) is 26.7 Å². The van der Waals surface area contributed by atoms with Crippen molar-refractivity contribution in [1.29, 1.82) is 0 Å². The van der Waals surface area contributed by atoms with E-state index in [-0.39, 0.29) is 17.5 Å². The average molecular weight is 364 g/mol. The monoisotopic (exact) mass is 364 g/mol. The molecule has 3 aromatic rings. The van der Waals surface area contributed by atoms with Crippen molar-refractivity contribution in [1.82, 2.24) is 10.1 Å². The summed E-state index contributed by atoms with van der Waals surface area (Å²) in [4.78, 5) is 29.0. The number of anilines is 2. The zero-order valence-corrected chi connectivity index (χ0v) is 15.3. The molecule has 0 aliphatic carbocycles. The van der Waals surface area contributed by atoms with Crippen LogP contribution in [0.1, 0.15) is 51.9 Å². The highest BCUT2D eigenvalue weighted by atomic mass is 16.5. The summed E-state index contributed by atoms with van der Waals surface area (Å²) in [6.07, 6.45) is 1.42. The minimum atomic E-state index is -0.472. The first kappa shape index (κ1) is 18.3. The van der Waals surface area contributed by atoms with Crippen molar-refractivity contribution in [2.75, 3.05) is 10.6 Å². The van der Waals surface area contributed by atoms with E-state index in [1.807, 2.05) is 24.3 Å². The average Bonchev–Trinajstić information content (AvgIpc) is 3.06. The lowest BCUT2D eigenvalue weighted by molar-refractivity contribution is 0.102. The number of carbonyl (C=O) groups excluding carboxylic acids is 2. The van der Waals surface area contributed by atoms with Crippen molar-refractivity contribution < 1.29 is 14.1 Å². The van der Waals surface area contributed by atoms with Crippen molar-refractivity contribution in [2.24, 2.45) is 0 Å². The molecule has 2 heterocycles. The summed E-state index contributed by atoms with van der Waals surface area (Å²) in [6, 6.07) is 12.2. The molecule has 27 heavy (non-hydrogen) atoms. The third-order valence-electron chi connectivity index (χ3n) is 3.96. The molecule has 0 spiro atoms. The van der Waals surface area contributed by atoms with Crippen LogP contribution in [0.25, 0.3) is 0 Å². The largest absolute Gasteiger partial charge is 0.360 e. The van der Waals surface area contributed by atoms with Crippen molar-refractivity contribution in [3.05, 3.63) is 71.2 Å². The van der Waals surface area contributed by atoms with Gasteiger partial charge in [-0.3, -0.25) is 14.6 Å². The van der Waals surface area contributed by atoms with E-state index >= 15 is 0 Å². The Morgan fingerprint density at radius 1 is 1.04 bits per heavy atom. The number of para-hydroxylation sites is 1. The van der Waals surface area contributed by atoms with Crippen molar-refractivity contribution in [3.8, 4) is 0 Å². The Hall–Kier alpha value is -3.48. The number of carbonyl (C=O) groups is 2. The lowest BCUT2D eigenvalue weighted by atomic mass is 10.0. The van der Waals surface area contributed by atoms with Gasteiger partial charge in [-0.05, 0) is 36.6 Å². The third-order valence-corrected chi connectivity index (χ3v) is 3.96. The highest BCUT2D eigenvalue weighted by Gasteiger charge is 2.15. The number of pyridine rings is 1. The first-order chi connectivity index (χ1) is 12.9. The van der Waals surface area contributed by atoms with Gasteiger partial charge in [-0.25, -0.2) is 0 Å². The van der Waals surface area contributed by atoms with E-state index in [0.29, 0.717) is 17.1 Å². The molecule has 0 saturated heterocycles. The Bertz CT molecular complexity index is 979. The van der Waals surface area contributed by atoms with Crippen LogP contribution in [0.3, 0.4) is 0 Å². The Kier molecular flexibility index (Phi) is 5.30. The number of hydrogen-bond acceptors (Lipinski definition) is 5. The molecular formula is C20H20N4O3. The molecule has 0 fully saturated rings. The van der Waals surface area contributed by atoms with E-state index in [0.717, 1.165) is 11.3 Å². The Balaban J connectivity index is 1.77. The van der Waals surface area contributed by atoms with Crippen molar-refractivity contribution in [3.63, 3.8) is 0 Å². The summed E-state index contributed by atoms with van der Waals surface area (Å²) < 4.78 is 4.91. The number of aromatic nitrogens is 2. The Morgan fingerprint density at radius 3 is 2.52 bits per heavy atom. The molecule has 0 unspecified atom stereocenters. The summed E-state index contributed by atoms with van der Waals surface area (Å²) >= 11 is 0. The number of nitrogens with zero attached hydrogens (tertiary/aromatic N) is 2. The fourth-order valence-corrected chi connectivity index (χ4v) is 2.61. The van der Waals surface area contributed by atoms with Crippen LogP contribution in [0, 0.1) is 6.92 Å². The summed E-state index contributed by atoms with van der Waals surface area (Å²) in [5.74, 6) is 0.360. The predicted octanol–water partition coefficient (Wildman–Crippen LogP) is 4.01. The molecular weight excluding hydrogens is 344 g/mol. The molecule has 7 nitrogen and oxygen atoms in total. The van der Waals surface area contributed by atoms with Crippen LogP contribution in [-0.4, -0.2) is 22.0 Å². The maximum Gasteiger partial charge on any atom is 0.275 e. The molecule has 138 valence electrons. The first-order valence-corrected chi connectivity index (χ1v) is 8.55. The Labute approximate surface area is 156 Å². The van der Waals surface area contributed by atoms with Gasteiger partial charge < -0.3 is 15.2 Å². The van der Waals surface area contributed by atoms with E-state index in [4.69, 9.17) is 4.52 Å². The molecule has 1 aromatic carbocycles. The van der Waals surface area contributed by atoms with E-state index in [9.17, 15) is 9.59 Å². The molecule has 7 heteroatoms. The summed E-state index contributed by atoms with van der Waals surface area (Å²) in [5.41, 5.74) is 2.24. The SMILES string of the molecule is Cc1cc(NC(=O)c2cc(C(=O)Nc3ccccc3C(C)C)ccn2)no1. The topological polar surface area (TPSA) is 97.1 Å². The van der Waals surface area contributed by atoms with Gasteiger partial charge in [-0.15, -0.1) is 0 Å². The second-order valence-corrected chi connectivity index (χ2v) is 6.40. The first-order valence-electron chi connectivity index (χ1n) is 8.55. The zero-order valence-electron chi connectivity index (χ0n) is 15.3. The van der Waals surface area contributed by atoms with Crippen LogP contribution in [0.4, 0.5) is 11.5 Å². The molecule has 0 radical (unpaired) electrons. The minimum absolute atomic E-state index is 0.112. The Morgan fingerprint density at radius 2 is 1.81 bits per heavy atom. The van der Waals surface area contributed by atoms with Crippen LogP contribution in [0.15, 0.2) is 53.2 Å². The van der Waals surface area contributed by atoms with Gasteiger partial charge >= 0.3 is 0 Å². The molecule has 0 aliphatic heterocycles. The smallest absolute Gasteiger partial charge is 0.275 e. The highest BCUT2D eigenvalue weighted by Crippen LogP contribution is 2.24. The third kappa shape index (κ3) is 4.38. The number of aryl methyl sites for hydroxylation is 1. The number of hydrogen-bond donors (Lipinski definition) is 2. The standard InChI is InChI=1S/C20H20N4O3/c1-12(2)15-6-4-5-7-16(15)22-19(25)14-8-9-21-17(11-14)20(26)23-18-10-13(3)27-24-18/h4-12H,1-3H3,(H,22,25)(H,23,24,26). The number of benzene rings is 1. The van der Waals surface area contributed by atoms with Crippen LogP contribution in [0.2, 0.25) is 0 Å². The highest BCUT2D eigenvalue weighted by molar-refractivity contribution is 6.07. The molecule has 2 N–H and O–H groups in total. The summed E-state index contributed by atoms with van der Waals surface area (Å²) in [6.45, 7) is 5.85. The molecule has 0 saturated carbocycles. The molecule has 2 amide bonds. The van der Waals surface area contributed by atoms with Crippen LogP contribution in [-0.2, 0) is 0 Å². The summed E-state index contributed by atoms with van der Waals surface area (Å²) in [5, 5.41) is 9.19. The van der Waals surface area contributed by atoms with Crippen LogP contribution >= 0.6 is 0 Å². The van der Waals surface area contributed by atoms with Gasteiger partial charge in [0, 0.05) is 23.5 Å². The van der Waals surface area contributed by atoms with E-state index in [2.05, 4.69) is 34.6 Å². The molecule has 0 bridgehead atoms. The van der Waals surface area contributed by atoms with E-state index < -0.39 is 5.91 Å². The normalized spacial score (nSPS) is 10.7. The second kappa shape index (κ2) is 7.82.